The summed E-state index contributed by atoms with van der Waals surface area (Å²) in [7, 11) is 0. The highest BCUT2D eigenvalue weighted by Crippen LogP contribution is 2.17. The Hall–Kier alpha value is -3.08. The van der Waals surface area contributed by atoms with Crippen LogP contribution in [0, 0.1) is 6.92 Å². The molecular formula is C20H21N3O2. The summed E-state index contributed by atoms with van der Waals surface area (Å²) in [6.07, 6.45) is 2.13. The zero-order valence-electron chi connectivity index (χ0n) is 14.2. The Balaban J connectivity index is 1.58. The van der Waals surface area contributed by atoms with Crippen LogP contribution in [0.25, 0.3) is 5.70 Å². The summed E-state index contributed by atoms with van der Waals surface area (Å²) in [5.41, 5.74) is 7.09. The second-order valence-corrected chi connectivity index (χ2v) is 6.04. The Bertz CT molecular complexity index is 782. The quantitative estimate of drug-likeness (QED) is 0.882. The van der Waals surface area contributed by atoms with Crippen LogP contribution in [0.2, 0.25) is 0 Å². The molecule has 0 fully saturated rings. The van der Waals surface area contributed by atoms with Gasteiger partial charge in [-0.15, -0.1) is 0 Å². The molecule has 2 aromatic carbocycles. The van der Waals surface area contributed by atoms with E-state index in [1.54, 1.807) is 0 Å². The number of nitrogens with zero attached hydrogens (tertiary/aromatic N) is 1. The minimum atomic E-state index is -0.199. The van der Waals surface area contributed by atoms with Crippen LogP contribution in [-0.4, -0.2) is 23.4 Å². The van der Waals surface area contributed by atoms with Crippen LogP contribution in [0.15, 0.2) is 60.7 Å². The van der Waals surface area contributed by atoms with Gasteiger partial charge in [0.15, 0.2) is 0 Å². The summed E-state index contributed by atoms with van der Waals surface area (Å²) < 4.78 is 0. The van der Waals surface area contributed by atoms with E-state index in [2.05, 4.69) is 10.7 Å². The molecule has 5 heteroatoms. The zero-order valence-corrected chi connectivity index (χ0v) is 14.2. The fourth-order valence-corrected chi connectivity index (χ4v) is 2.59. The third kappa shape index (κ3) is 4.47. The zero-order chi connectivity index (χ0) is 17.6. The number of hydrogen-bond acceptors (Lipinski definition) is 3. The molecule has 1 aliphatic rings. The Kier molecular flexibility index (Phi) is 5.14. The molecule has 0 bridgehead atoms. The smallest absolute Gasteiger partial charge is 0.245 e. The number of amides is 2. The first-order valence-electron chi connectivity index (χ1n) is 8.26. The summed E-state index contributed by atoms with van der Waals surface area (Å²) >= 11 is 0. The van der Waals surface area contributed by atoms with Crippen molar-refractivity contribution in [2.75, 3.05) is 6.54 Å². The number of hydrogen-bond donors (Lipinski definition) is 2. The molecule has 0 aliphatic carbocycles. The third-order valence-corrected chi connectivity index (χ3v) is 4.03. The van der Waals surface area contributed by atoms with Crippen molar-refractivity contribution >= 4 is 17.5 Å². The molecule has 0 radical (unpaired) electrons. The fourth-order valence-electron chi connectivity index (χ4n) is 2.59. The van der Waals surface area contributed by atoms with E-state index >= 15 is 0 Å². The maximum absolute atomic E-state index is 12.2. The van der Waals surface area contributed by atoms with Crippen LogP contribution < -0.4 is 10.7 Å². The lowest BCUT2D eigenvalue weighted by atomic mass is 10.1. The second-order valence-electron chi connectivity index (χ2n) is 6.04. The van der Waals surface area contributed by atoms with Crippen molar-refractivity contribution in [1.82, 2.24) is 15.8 Å². The van der Waals surface area contributed by atoms with Gasteiger partial charge in [0.2, 0.25) is 11.8 Å². The molecule has 128 valence electrons. The minimum absolute atomic E-state index is 0.0190. The van der Waals surface area contributed by atoms with E-state index in [9.17, 15) is 9.59 Å². The van der Waals surface area contributed by atoms with E-state index < -0.39 is 0 Å². The van der Waals surface area contributed by atoms with Crippen LogP contribution in [0.5, 0.6) is 0 Å². The van der Waals surface area contributed by atoms with Crippen LogP contribution in [0.3, 0.4) is 0 Å². The van der Waals surface area contributed by atoms with Gasteiger partial charge >= 0.3 is 0 Å². The number of aryl methyl sites for hydroxylation is 1. The maximum atomic E-state index is 12.2. The van der Waals surface area contributed by atoms with Crippen molar-refractivity contribution in [3.8, 4) is 0 Å². The molecule has 25 heavy (non-hydrogen) atoms. The lowest BCUT2D eigenvalue weighted by molar-refractivity contribution is -0.137. The van der Waals surface area contributed by atoms with E-state index in [4.69, 9.17) is 0 Å². The average Bonchev–Trinajstić information content (AvgIpc) is 2.63. The summed E-state index contributed by atoms with van der Waals surface area (Å²) in [5.74, 6) is -0.319. The van der Waals surface area contributed by atoms with E-state index in [-0.39, 0.29) is 24.8 Å². The molecule has 1 aliphatic heterocycles. The molecule has 0 saturated carbocycles. The molecule has 0 atom stereocenters. The van der Waals surface area contributed by atoms with Gasteiger partial charge in [0.05, 0.1) is 5.70 Å². The van der Waals surface area contributed by atoms with E-state index in [1.165, 1.54) is 10.6 Å². The van der Waals surface area contributed by atoms with Gasteiger partial charge in [-0.1, -0.05) is 60.2 Å². The van der Waals surface area contributed by atoms with Gasteiger partial charge in [-0.2, -0.15) is 0 Å². The predicted molar refractivity (Wildman–Crippen MR) is 96.9 cm³/mol. The predicted octanol–water partition coefficient (Wildman–Crippen LogP) is 2.39. The molecule has 0 spiro atoms. The third-order valence-electron chi connectivity index (χ3n) is 4.03. The van der Waals surface area contributed by atoms with Crippen molar-refractivity contribution in [2.45, 2.75) is 19.9 Å². The topological polar surface area (TPSA) is 61.4 Å². The maximum Gasteiger partial charge on any atom is 0.245 e. The summed E-state index contributed by atoms with van der Waals surface area (Å²) in [5, 5.41) is 4.21. The minimum Gasteiger partial charge on any atom is -0.350 e. The molecule has 0 saturated heterocycles. The highest BCUT2D eigenvalue weighted by Gasteiger charge is 2.21. The summed E-state index contributed by atoms with van der Waals surface area (Å²) in [4.78, 5) is 24.2. The Morgan fingerprint density at radius 2 is 1.84 bits per heavy atom. The standard InChI is InChI=1S/C20H21N3O2/c1-15-7-9-17(10-8-15)18-11-12-20(25)23(22-18)14-19(24)21-13-16-5-3-2-4-6-16/h2-11,22H,12-14H2,1H3,(H,21,24). The molecule has 1 heterocycles. The highest BCUT2D eigenvalue weighted by molar-refractivity contribution is 5.88. The average molecular weight is 335 g/mol. The van der Waals surface area contributed by atoms with Crippen molar-refractivity contribution in [3.05, 3.63) is 77.4 Å². The van der Waals surface area contributed by atoms with E-state index in [1.807, 2.05) is 67.6 Å². The van der Waals surface area contributed by atoms with Gasteiger partial charge in [-0.05, 0) is 24.1 Å². The fraction of sp³-hybridized carbons (Fsp3) is 0.200. The molecule has 2 N–H and O–H groups in total. The number of carbonyl (C=O) groups is 2. The van der Waals surface area contributed by atoms with Crippen molar-refractivity contribution < 1.29 is 9.59 Å². The monoisotopic (exact) mass is 335 g/mol. The van der Waals surface area contributed by atoms with Crippen molar-refractivity contribution in [2.24, 2.45) is 0 Å². The molecule has 3 rings (SSSR count). The van der Waals surface area contributed by atoms with E-state index in [0.717, 1.165) is 16.8 Å². The number of rotatable bonds is 5. The molecule has 0 aromatic heterocycles. The van der Waals surface area contributed by atoms with Crippen LogP contribution in [0.4, 0.5) is 0 Å². The lowest BCUT2D eigenvalue weighted by Crippen LogP contribution is -2.49. The number of nitrogens with one attached hydrogen (secondary N) is 2. The van der Waals surface area contributed by atoms with Crippen LogP contribution in [-0.2, 0) is 16.1 Å². The highest BCUT2D eigenvalue weighted by atomic mass is 16.2. The molecule has 2 aromatic rings. The van der Waals surface area contributed by atoms with Crippen LogP contribution >= 0.6 is 0 Å². The van der Waals surface area contributed by atoms with Gasteiger partial charge in [0.25, 0.3) is 0 Å². The Morgan fingerprint density at radius 3 is 2.56 bits per heavy atom. The first kappa shape index (κ1) is 16.8. The van der Waals surface area contributed by atoms with Crippen LogP contribution in [0.1, 0.15) is 23.1 Å². The van der Waals surface area contributed by atoms with E-state index in [0.29, 0.717) is 6.54 Å². The second kappa shape index (κ2) is 7.66. The van der Waals surface area contributed by atoms with Gasteiger partial charge < -0.3 is 5.32 Å². The number of benzene rings is 2. The van der Waals surface area contributed by atoms with Gasteiger partial charge in [0.1, 0.15) is 6.54 Å². The Labute approximate surface area is 147 Å². The van der Waals surface area contributed by atoms with Crippen molar-refractivity contribution in [3.63, 3.8) is 0 Å². The summed E-state index contributed by atoms with van der Waals surface area (Å²) in [6.45, 7) is 2.45. The van der Waals surface area contributed by atoms with Gasteiger partial charge in [-0.3, -0.25) is 15.0 Å². The van der Waals surface area contributed by atoms with Gasteiger partial charge in [0, 0.05) is 13.0 Å². The molecular weight excluding hydrogens is 314 g/mol. The largest absolute Gasteiger partial charge is 0.350 e. The Morgan fingerprint density at radius 1 is 1.12 bits per heavy atom. The van der Waals surface area contributed by atoms with Crippen molar-refractivity contribution in [1.29, 1.82) is 0 Å². The molecule has 2 amide bonds. The number of carbonyl (C=O) groups excluding carboxylic acids is 2. The SMILES string of the molecule is Cc1ccc(C2=CCC(=O)N(CC(=O)NCc3ccccc3)N2)cc1. The first-order chi connectivity index (χ1) is 12.1. The molecule has 0 unspecified atom stereocenters. The number of hydrazine groups is 1. The molecule has 5 nitrogen and oxygen atoms in total. The normalized spacial score (nSPS) is 13.9. The van der Waals surface area contributed by atoms with Gasteiger partial charge in [-0.25, -0.2) is 5.01 Å². The summed E-state index contributed by atoms with van der Waals surface area (Å²) in [6, 6.07) is 17.7. The first-order valence-corrected chi connectivity index (χ1v) is 8.26. The lowest BCUT2D eigenvalue weighted by Gasteiger charge is -2.28.